The highest BCUT2D eigenvalue weighted by Gasteiger charge is 2.32. The summed E-state index contributed by atoms with van der Waals surface area (Å²) in [5, 5.41) is 26.4. The van der Waals surface area contributed by atoms with Gasteiger partial charge in [-0.1, -0.05) is 6.07 Å². The zero-order valence-corrected chi connectivity index (χ0v) is 10.7. The molecule has 2 aromatic rings. The molecule has 0 bridgehead atoms. The lowest BCUT2D eigenvalue weighted by Crippen LogP contribution is -2.38. The number of rotatable bonds is 2. The molecule has 1 aliphatic rings. The van der Waals surface area contributed by atoms with Crippen LogP contribution in [0.5, 0.6) is 0 Å². The molecule has 102 valence electrons. The summed E-state index contributed by atoms with van der Waals surface area (Å²) in [6.07, 6.45) is 4.97. The van der Waals surface area contributed by atoms with Gasteiger partial charge in [0.1, 0.15) is 19.6 Å². The Hall–Kier alpha value is -2.77. The number of hydrogen-bond acceptors (Lipinski definition) is 5. The molecular formula is C12H12N6O2. The Morgan fingerprint density at radius 1 is 1.40 bits per heavy atom. The summed E-state index contributed by atoms with van der Waals surface area (Å²) >= 11 is 0. The highest BCUT2D eigenvalue weighted by Crippen LogP contribution is 2.22. The van der Waals surface area contributed by atoms with Crippen LogP contribution in [0.25, 0.3) is 0 Å². The van der Waals surface area contributed by atoms with Gasteiger partial charge in [-0.15, -0.1) is 0 Å². The van der Waals surface area contributed by atoms with E-state index in [-0.39, 0.29) is 5.71 Å². The van der Waals surface area contributed by atoms with Gasteiger partial charge in [-0.2, -0.15) is 15.0 Å². The molecule has 0 saturated carbocycles. The van der Waals surface area contributed by atoms with Crippen LogP contribution in [0, 0.1) is 10.4 Å². The molecule has 8 nitrogen and oxygen atoms in total. The lowest BCUT2D eigenvalue weighted by atomic mass is 10.1. The standard InChI is InChI=1S/C12H12N6O2/c1-16-5-3-2-4-9(16)6-10-11(18(19)20)7-13-12-14-8-15-17(10)12/h2-5,7-8,10H,6H2,1H3/t10-/m1/s1. The highest BCUT2D eigenvalue weighted by atomic mass is 16.8. The van der Waals surface area contributed by atoms with E-state index in [1.165, 1.54) is 17.2 Å². The van der Waals surface area contributed by atoms with Crippen LogP contribution in [0.1, 0.15) is 11.7 Å². The van der Waals surface area contributed by atoms with Gasteiger partial charge in [-0.25, -0.2) is 14.2 Å². The highest BCUT2D eigenvalue weighted by molar-refractivity contribution is 6.31. The van der Waals surface area contributed by atoms with Gasteiger partial charge in [0.05, 0.1) is 6.42 Å². The molecule has 1 atom stereocenters. The van der Waals surface area contributed by atoms with Crippen LogP contribution in [0.2, 0.25) is 0 Å². The zero-order valence-electron chi connectivity index (χ0n) is 10.7. The van der Waals surface area contributed by atoms with Crippen molar-refractivity contribution in [3.05, 3.63) is 46.8 Å². The van der Waals surface area contributed by atoms with Gasteiger partial charge < -0.3 is 10.4 Å². The maximum Gasteiger partial charge on any atom is 0.248 e. The Morgan fingerprint density at radius 3 is 3.00 bits per heavy atom. The van der Waals surface area contributed by atoms with Gasteiger partial charge in [0.25, 0.3) is 0 Å². The molecule has 0 amide bonds. The Kier molecular flexibility index (Phi) is 2.90. The van der Waals surface area contributed by atoms with Gasteiger partial charge in [0.15, 0.2) is 17.9 Å². The van der Waals surface area contributed by atoms with E-state index in [9.17, 15) is 10.4 Å². The molecule has 0 aromatic carbocycles. The van der Waals surface area contributed by atoms with E-state index in [2.05, 4.69) is 15.1 Å². The summed E-state index contributed by atoms with van der Waals surface area (Å²) in [6, 6.07) is 5.24. The molecule has 0 fully saturated rings. The summed E-state index contributed by atoms with van der Waals surface area (Å²) in [7, 11) is 1.90. The predicted molar refractivity (Wildman–Crippen MR) is 70.5 cm³/mol. The van der Waals surface area contributed by atoms with Gasteiger partial charge in [-0.05, 0) is 0 Å². The molecule has 0 aliphatic carbocycles. The number of hydrogen-bond donors (Lipinski definition) is 0. The fourth-order valence-electron chi connectivity index (χ4n) is 2.22. The first-order valence-corrected chi connectivity index (χ1v) is 6.05. The van der Waals surface area contributed by atoms with E-state index in [1.54, 1.807) is 0 Å². The van der Waals surface area contributed by atoms with Crippen molar-refractivity contribution in [3.8, 4) is 0 Å². The van der Waals surface area contributed by atoms with E-state index in [1.807, 2.05) is 36.0 Å². The van der Waals surface area contributed by atoms with Gasteiger partial charge >= 0.3 is 0 Å². The minimum atomic E-state index is -0.506. The number of nitrogens with zero attached hydrogens (tertiary/aromatic N) is 6. The van der Waals surface area contributed by atoms with Crippen LogP contribution in [-0.2, 0) is 13.5 Å². The SMILES string of the molecule is C[n+]1ccccc1C[C@@H]1C(=[N+]([O-])[O-])C=Nc2ncnn21. The molecular weight excluding hydrogens is 260 g/mol. The molecule has 0 spiro atoms. The lowest BCUT2D eigenvalue weighted by Gasteiger charge is -2.20. The van der Waals surface area contributed by atoms with Gasteiger partial charge in [0.2, 0.25) is 11.7 Å². The van der Waals surface area contributed by atoms with Crippen molar-refractivity contribution in [1.29, 1.82) is 0 Å². The maximum absolute atomic E-state index is 11.2. The number of fused-ring (bicyclic) bond motifs is 1. The van der Waals surface area contributed by atoms with Crippen LogP contribution in [0.3, 0.4) is 0 Å². The molecule has 8 heteroatoms. The topological polar surface area (TPSA) is 96.1 Å². The Bertz CT molecular complexity index is 701. The van der Waals surface area contributed by atoms with E-state index in [0.717, 1.165) is 5.69 Å². The van der Waals surface area contributed by atoms with Crippen LogP contribution in [0.15, 0.2) is 35.7 Å². The van der Waals surface area contributed by atoms with Crippen molar-refractivity contribution in [2.24, 2.45) is 12.0 Å². The summed E-state index contributed by atoms with van der Waals surface area (Å²) in [6.45, 7) is 0. The molecule has 3 rings (SSSR count). The molecule has 0 N–H and O–H groups in total. The van der Waals surface area contributed by atoms with Gasteiger partial charge in [0, 0.05) is 12.1 Å². The smallest absolute Gasteiger partial charge is 0.248 e. The van der Waals surface area contributed by atoms with E-state index in [4.69, 9.17) is 0 Å². The van der Waals surface area contributed by atoms with Crippen molar-refractivity contribution in [2.75, 3.05) is 0 Å². The van der Waals surface area contributed by atoms with E-state index in [0.29, 0.717) is 12.4 Å². The summed E-state index contributed by atoms with van der Waals surface area (Å²) in [5.41, 5.74) is 0.987. The van der Waals surface area contributed by atoms with Crippen LogP contribution in [0.4, 0.5) is 5.95 Å². The second-order valence-electron chi connectivity index (χ2n) is 4.47. The largest absolute Gasteiger partial charge is 0.612 e. The number of pyridine rings is 1. The fourth-order valence-corrected chi connectivity index (χ4v) is 2.22. The van der Waals surface area contributed by atoms with Crippen molar-refractivity contribution in [3.63, 3.8) is 0 Å². The van der Waals surface area contributed by atoms with Crippen molar-refractivity contribution in [1.82, 2.24) is 14.8 Å². The van der Waals surface area contributed by atoms with E-state index >= 15 is 0 Å². The third kappa shape index (κ3) is 2.00. The minimum Gasteiger partial charge on any atom is -0.612 e. The first kappa shape index (κ1) is 12.3. The zero-order chi connectivity index (χ0) is 14.1. The summed E-state index contributed by atoms with van der Waals surface area (Å²) < 4.78 is 3.42. The molecule has 0 radical (unpaired) electrons. The van der Waals surface area contributed by atoms with Crippen molar-refractivity contribution < 1.29 is 9.47 Å². The average molecular weight is 272 g/mol. The fraction of sp³-hybridized carbons (Fsp3) is 0.250. The molecule has 0 saturated heterocycles. The Balaban J connectivity index is 2.04. The maximum atomic E-state index is 11.2. The lowest BCUT2D eigenvalue weighted by molar-refractivity contribution is -0.679. The van der Waals surface area contributed by atoms with Gasteiger partial charge in [-0.3, -0.25) is 0 Å². The Labute approximate surface area is 114 Å². The monoisotopic (exact) mass is 272 g/mol. The number of aromatic nitrogens is 4. The summed E-state index contributed by atoms with van der Waals surface area (Å²) in [4.78, 5) is 7.51. The third-order valence-corrected chi connectivity index (χ3v) is 3.28. The normalized spacial score (nSPS) is 17.1. The average Bonchev–Trinajstić information content (AvgIpc) is 2.90. The number of aryl methyl sites for hydroxylation is 1. The Morgan fingerprint density at radius 2 is 2.25 bits per heavy atom. The quantitative estimate of drug-likeness (QED) is 0.438. The molecule has 1 aliphatic heterocycles. The molecule has 20 heavy (non-hydrogen) atoms. The van der Waals surface area contributed by atoms with Crippen LogP contribution in [-0.4, -0.2) is 31.6 Å². The number of aliphatic imine (C=N–C) groups is 1. The molecule has 0 unspecified atom stereocenters. The van der Waals surface area contributed by atoms with Crippen LogP contribution >= 0.6 is 0 Å². The second kappa shape index (κ2) is 4.72. The van der Waals surface area contributed by atoms with E-state index < -0.39 is 10.9 Å². The third-order valence-electron chi connectivity index (χ3n) is 3.28. The second-order valence-corrected chi connectivity index (χ2v) is 4.47. The first-order chi connectivity index (χ1) is 9.66. The van der Waals surface area contributed by atoms with Crippen LogP contribution < -0.4 is 4.57 Å². The molecule has 2 aromatic heterocycles. The van der Waals surface area contributed by atoms with Crippen molar-refractivity contribution in [2.45, 2.75) is 12.5 Å². The summed E-state index contributed by atoms with van der Waals surface area (Å²) in [5.74, 6) is 0.388. The predicted octanol–water partition coefficient (Wildman–Crippen LogP) is 0.0514. The minimum absolute atomic E-state index is 0.0202. The van der Waals surface area contributed by atoms with Crippen molar-refractivity contribution >= 4 is 17.9 Å². The first-order valence-electron chi connectivity index (χ1n) is 6.05. The molecule has 3 heterocycles.